The Hall–Kier alpha value is -0.770. The van der Waals surface area contributed by atoms with Gasteiger partial charge in [-0.25, -0.2) is 0 Å². The van der Waals surface area contributed by atoms with Gasteiger partial charge in [-0.15, -0.1) is 0 Å². The van der Waals surface area contributed by atoms with Gasteiger partial charge in [0.25, 0.3) is 0 Å². The topological polar surface area (TPSA) is 32.7 Å². The molecule has 1 N–H and O–H groups in total. The van der Waals surface area contributed by atoms with Crippen LogP contribution in [-0.4, -0.2) is 42.9 Å². The van der Waals surface area contributed by atoms with Gasteiger partial charge in [-0.05, 0) is 56.0 Å². The van der Waals surface area contributed by atoms with Gasteiger partial charge in [0.05, 0.1) is 6.61 Å². The van der Waals surface area contributed by atoms with Gasteiger partial charge in [0.15, 0.2) is 0 Å². The number of likely N-dealkylation sites (tertiary alicyclic amines) is 1. The zero-order valence-corrected chi connectivity index (χ0v) is 12.0. The summed E-state index contributed by atoms with van der Waals surface area (Å²) in [6, 6.07) is 7.47. The predicted octanol–water partition coefficient (Wildman–Crippen LogP) is 2.81. The molecule has 1 unspecified atom stereocenters. The normalized spacial score (nSPS) is 20.4. The third-order valence-electron chi connectivity index (χ3n) is 3.56. The summed E-state index contributed by atoms with van der Waals surface area (Å²) in [5, 5.41) is 9.92. The highest BCUT2D eigenvalue weighted by atomic mass is 35.5. The SMILES string of the molecule is OCC1CCCN(CCCOc2ccc(Cl)cc2)C1. The van der Waals surface area contributed by atoms with E-state index in [0.717, 1.165) is 49.9 Å². The largest absolute Gasteiger partial charge is 0.494 e. The van der Waals surface area contributed by atoms with E-state index in [-0.39, 0.29) is 0 Å². The molecule has 1 saturated heterocycles. The van der Waals surface area contributed by atoms with Crippen molar-refractivity contribution < 1.29 is 9.84 Å². The highest BCUT2D eigenvalue weighted by molar-refractivity contribution is 6.30. The van der Waals surface area contributed by atoms with E-state index in [0.29, 0.717) is 12.5 Å². The van der Waals surface area contributed by atoms with Gasteiger partial charge in [-0.3, -0.25) is 0 Å². The smallest absolute Gasteiger partial charge is 0.119 e. The summed E-state index contributed by atoms with van der Waals surface area (Å²) in [4.78, 5) is 2.43. The van der Waals surface area contributed by atoms with Gasteiger partial charge >= 0.3 is 0 Å². The average Bonchev–Trinajstić information content (AvgIpc) is 2.46. The summed E-state index contributed by atoms with van der Waals surface area (Å²) in [7, 11) is 0. The van der Waals surface area contributed by atoms with Gasteiger partial charge in [-0.2, -0.15) is 0 Å². The van der Waals surface area contributed by atoms with Crippen molar-refractivity contribution in [2.75, 3.05) is 32.8 Å². The third-order valence-corrected chi connectivity index (χ3v) is 3.81. The summed E-state index contributed by atoms with van der Waals surface area (Å²) in [5.74, 6) is 1.34. The molecule has 1 aromatic rings. The second-order valence-corrected chi connectivity index (χ2v) is 5.58. The Balaban J connectivity index is 1.62. The quantitative estimate of drug-likeness (QED) is 0.815. The number of aliphatic hydroxyl groups is 1. The van der Waals surface area contributed by atoms with E-state index in [9.17, 15) is 5.11 Å². The van der Waals surface area contributed by atoms with Gasteiger partial charge < -0.3 is 14.7 Å². The second-order valence-electron chi connectivity index (χ2n) is 5.15. The van der Waals surface area contributed by atoms with Crippen molar-refractivity contribution in [3.63, 3.8) is 0 Å². The Morgan fingerprint density at radius 2 is 2.11 bits per heavy atom. The minimum absolute atomic E-state index is 0.317. The maximum absolute atomic E-state index is 9.19. The lowest BCUT2D eigenvalue weighted by Gasteiger charge is -2.31. The van der Waals surface area contributed by atoms with E-state index in [4.69, 9.17) is 16.3 Å². The molecule has 3 nitrogen and oxygen atoms in total. The molecule has 0 saturated carbocycles. The number of hydrogen-bond donors (Lipinski definition) is 1. The average molecular weight is 284 g/mol. The molecule has 19 heavy (non-hydrogen) atoms. The molecule has 1 atom stereocenters. The van der Waals surface area contributed by atoms with Crippen LogP contribution in [0.5, 0.6) is 5.75 Å². The number of benzene rings is 1. The van der Waals surface area contributed by atoms with Crippen LogP contribution in [0, 0.1) is 5.92 Å². The Bertz CT molecular complexity index is 369. The van der Waals surface area contributed by atoms with Crippen LogP contribution in [0.4, 0.5) is 0 Å². The molecule has 0 aromatic heterocycles. The van der Waals surface area contributed by atoms with Crippen LogP contribution < -0.4 is 4.74 Å². The number of hydrogen-bond acceptors (Lipinski definition) is 3. The molecule has 0 radical (unpaired) electrons. The second kappa shape index (κ2) is 7.73. The zero-order chi connectivity index (χ0) is 13.5. The summed E-state index contributed by atoms with van der Waals surface area (Å²) in [6.07, 6.45) is 3.37. The number of rotatable bonds is 6. The molecule has 0 bridgehead atoms. The monoisotopic (exact) mass is 283 g/mol. The molecule has 4 heteroatoms. The first-order valence-electron chi connectivity index (χ1n) is 6.99. The standard InChI is InChI=1S/C15H22ClNO2/c16-14-4-6-15(7-5-14)19-10-2-9-17-8-1-3-13(11-17)12-18/h4-7,13,18H,1-3,8-12H2. The van der Waals surface area contributed by atoms with Crippen molar-refractivity contribution >= 4 is 11.6 Å². The molecule has 1 fully saturated rings. The molecule has 1 heterocycles. The van der Waals surface area contributed by atoms with E-state index in [2.05, 4.69) is 4.90 Å². The summed E-state index contributed by atoms with van der Waals surface area (Å²) < 4.78 is 5.67. The molecule has 1 aliphatic rings. The summed E-state index contributed by atoms with van der Waals surface area (Å²) in [5.41, 5.74) is 0. The van der Waals surface area contributed by atoms with Crippen LogP contribution >= 0.6 is 11.6 Å². The molecule has 106 valence electrons. The molecule has 0 amide bonds. The van der Waals surface area contributed by atoms with Crippen LogP contribution in [0.1, 0.15) is 19.3 Å². The molecule has 0 aliphatic carbocycles. The molecular weight excluding hydrogens is 262 g/mol. The highest BCUT2D eigenvalue weighted by Gasteiger charge is 2.18. The fraction of sp³-hybridized carbons (Fsp3) is 0.600. The fourth-order valence-electron chi connectivity index (χ4n) is 2.51. The van der Waals surface area contributed by atoms with Gasteiger partial charge in [0.2, 0.25) is 0 Å². The maximum Gasteiger partial charge on any atom is 0.119 e. The third kappa shape index (κ3) is 5.01. The zero-order valence-electron chi connectivity index (χ0n) is 11.2. The number of halogens is 1. The summed E-state index contributed by atoms with van der Waals surface area (Å²) >= 11 is 5.82. The molecule has 1 aromatic carbocycles. The van der Waals surface area contributed by atoms with Crippen molar-refractivity contribution in [2.24, 2.45) is 5.92 Å². The molecule has 2 rings (SSSR count). The predicted molar refractivity (Wildman–Crippen MR) is 77.8 cm³/mol. The van der Waals surface area contributed by atoms with E-state index >= 15 is 0 Å². The van der Waals surface area contributed by atoms with Gasteiger partial charge in [0, 0.05) is 24.7 Å². The first-order valence-corrected chi connectivity index (χ1v) is 7.37. The molecule has 0 spiro atoms. The lowest BCUT2D eigenvalue weighted by molar-refractivity contribution is 0.115. The van der Waals surface area contributed by atoms with E-state index in [1.165, 1.54) is 6.42 Å². The van der Waals surface area contributed by atoms with E-state index in [1.54, 1.807) is 0 Å². The Kier molecular flexibility index (Phi) is 5.95. The van der Waals surface area contributed by atoms with Crippen molar-refractivity contribution in [3.05, 3.63) is 29.3 Å². The van der Waals surface area contributed by atoms with Crippen molar-refractivity contribution in [1.29, 1.82) is 0 Å². The minimum Gasteiger partial charge on any atom is -0.494 e. The Morgan fingerprint density at radius 3 is 2.84 bits per heavy atom. The Morgan fingerprint density at radius 1 is 1.32 bits per heavy atom. The van der Waals surface area contributed by atoms with Crippen LogP contribution in [0.2, 0.25) is 5.02 Å². The van der Waals surface area contributed by atoms with Crippen LogP contribution in [0.15, 0.2) is 24.3 Å². The van der Waals surface area contributed by atoms with Crippen molar-refractivity contribution in [3.8, 4) is 5.75 Å². The highest BCUT2D eigenvalue weighted by Crippen LogP contribution is 2.17. The van der Waals surface area contributed by atoms with Crippen LogP contribution in [0.25, 0.3) is 0 Å². The number of ether oxygens (including phenoxy) is 1. The first-order chi connectivity index (χ1) is 9.28. The number of aliphatic hydroxyl groups excluding tert-OH is 1. The van der Waals surface area contributed by atoms with Crippen LogP contribution in [0.3, 0.4) is 0 Å². The number of piperidine rings is 1. The minimum atomic E-state index is 0.317. The van der Waals surface area contributed by atoms with E-state index < -0.39 is 0 Å². The van der Waals surface area contributed by atoms with Gasteiger partial charge in [0.1, 0.15) is 5.75 Å². The number of nitrogens with zero attached hydrogens (tertiary/aromatic N) is 1. The first kappa shape index (κ1) is 14.6. The van der Waals surface area contributed by atoms with Gasteiger partial charge in [-0.1, -0.05) is 11.6 Å². The molecular formula is C15H22ClNO2. The maximum atomic E-state index is 9.19. The summed E-state index contributed by atoms with van der Waals surface area (Å²) in [6.45, 7) is 4.26. The lowest BCUT2D eigenvalue weighted by atomic mass is 9.99. The molecule has 1 aliphatic heterocycles. The fourth-order valence-corrected chi connectivity index (χ4v) is 2.64. The van der Waals surface area contributed by atoms with E-state index in [1.807, 2.05) is 24.3 Å². The van der Waals surface area contributed by atoms with Crippen LogP contribution in [-0.2, 0) is 0 Å². The van der Waals surface area contributed by atoms with Crippen molar-refractivity contribution in [1.82, 2.24) is 4.90 Å². The lowest BCUT2D eigenvalue weighted by Crippen LogP contribution is -2.37. The Labute approximate surface area is 120 Å². The van der Waals surface area contributed by atoms with Crippen molar-refractivity contribution in [2.45, 2.75) is 19.3 Å².